The third kappa shape index (κ3) is 71.1. The molecular formula is C79H154O17P2. The summed E-state index contributed by atoms with van der Waals surface area (Å²) in [6.07, 6.45) is 59.6. The van der Waals surface area contributed by atoms with Crippen LogP contribution in [0.25, 0.3) is 0 Å². The summed E-state index contributed by atoms with van der Waals surface area (Å²) in [6, 6.07) is 0. The predicted octanol–water partition coefficient (Wildman–Crippen LogP) is 23.5. The van der Waals surface area contributed by atoms with E-state index >= 15 is 0 Å². The molecule has 0 heterocycles. The highest BCUT2D eigenvalue weighted by Crippen LogP contribution is 2.45. The van der Waals surface area contributed by atoms with Crippen molar-refractivity contribution in [3.8, 4) is 0 Å². The molecule has 98 heavy (non-hydrogen) atoms. The number of carbonyl (C=O) groups excluding carboxylic acids is 4. The molecule has 0 aliphatic heterocycles. The van der Waals surface area contributed by atoms with Crippen LogP contribution in [0.5, 0.6) is 0 Å². The van der Waals surface area contributed by atoms with Gasteiger partial charge in [0.05, 0.1) is 26.4 Å². The first kappa shape index (κ1) is 96.1. The van der Waals surface area contributed by atoms with E-state index in [9.17, 15) is 43.2 Å². The fourth-order valence-electron chi connectivity index (χ4n) is 12.2. The predicted molar refractivity (Wildman–Crippen MR) is 400 cm³/mol. The topological polar surface area (TPSA) is 237 Å². The number of hydrogen-bond donors (Lipinski definition) is 3. The zero-order valence-corrected chi connectivity index (χ0v) is 65.9. The van der Waals surface area contributed by atoms with E-state index in [4.69, 9.17) is 37.0 Å². The van der Waals surface area contributed by atoms with Crippen molar-refractivity contribution in [2.45, 2.75) is 432 Å². The Labute approximate surface area is 600 Å². The summed E-state index contributed by atoms with van der Waals surface area (Å²) in [4.78, 5) is 73.0. The van der Waals surface area contributed by atoms with Crippen molar-refractivity contribution >= 4 is 39.5 Å². The van der Waals surface area contributed by atoms with Crippen LogP contribution < -0.4 is 0 Å². The van der Waals surface area contributed by atoms with Gasteiger partial charge in [0.1, 0.15) is 19.3 Å². The van der Waals surface area contributed by atoms with Crippen LogP contribution in [0.2, 0.25) is 0 Å². The van der Waals surface area contributed by atoms with Gasteiger partial charge in [-0.1, -0.05) is 363 Å². The summed E-state index contributed by atoms with van der Waals surface area (Å²) in [7, 11) is -9.92. The van der Waals surface area contributed by atoms with E-state index in [1.807, 2.05) is 0 Å². The molecule has 0 aromatic heterocycles. The number of phosphoric acid groups is 2. The molecule has 0 bridgehead atoms. The van der Waals surface area contributed by atoms with E-state index in [0.717, 1.165) is 102 Å². The molecule has 19 heteroatoms. The molecule has 17 nitrogen and oxygen atoms in total. The van der Waals surface area contributed by atoms with Crippen molar-refractivity contribution in [1.82, 2.24) is 0 Å². The molecule has 0 amide bonds. The van der Waals surface area contributed by atoms with Crippen LogP contribution in [0, 0.1) is 11.8 Å². The first-order valence-corrected chi connectivity index (χ1v) is 44.0. The molecule has 0 aliphatic carbocycles. The summed E-state index contributed by atoms with van der Waals surface area (Å²) >= 11 is 0. The second kappa shape index (κ2) is 70.7. The maximum absolute atomic E-state index is 13.1. The van der Waals surface area contributed by atoms with Gasteiger partial charge in [-0.2, -0.15) is 0 Å². The molecule has 0 aromatic rings. The molecule has 0 radical (unpaired) electrons. The van der Waals surface area contributed by atoms with Gasteiger partial charge < -0.3 is 33.8 Å². The minimum atomic E-state index is -4.96. The monoisotopic (exact) mass is 1440 g/mol. The van der Waals surface area contributed by atoms with Crippen molar-refractivity contribution < 1.29 is 80.2 Å². The lowest BCUT2D eigenvalue weighted by molar-refractivity contribution is -0.161. The van der Waals surface area contributed by atoms with Gasteiger partial charge in [0, 0.05) is 25.7 Å². The Kier molecular flexibility index (Phi) is 69.3. The van der Waals surface area contributed by atoms with E-state index in [1.54, 1.807) is 0 Å². The first-order valence-electron chi connectivity index (χ1n) is 41.0. The number of aliphatic hydroxyl groups is 1. The highest BCUT2D eigenvalue weighted by atomic mass is 31.2. The van der Waals surface area contributed by atoms with E-state index in [2.05, 4.69) is 41.5 Å². The summed E-state index contributed by atoms with van der Waals surface area (Å²) < 4.78 is 68.7. The lowest BCUT2D eigenvalue weighted by Crippen LogP contribution is -2.30. The number of phosphoric ester groups is 2. The number of aliphatic hydroxyl groups excluding tert-OH is 1. The molecule has 0 fully saturated rings. The summed E-state index contributed by atoms with van der Waals surface area (Å²) in [5.41, 5.74) is 0. The van der Waals surface area contributed by atoms with Gasteiger partial charge in [0.2, 0.25) is 0 Å². The Bertz CT molecular complexity index is 1890. The van der Waals surface area contributed by atoms with Crippen LogP contribution in [0.4, 0.5) is 0 Å². The standard InChI is InChI=1S/C79H154O17P2/c1-7-10-12-14-16-18-20-22-24-26-27-29-31-33-37-45-51-57-63-78(83)95-74(67-89-76(81)61-55-49-43-36-32-30-28-25-23-21-19-17-15-13-11-8-2)69-93-97(85,86)91-65-73(80)66-92-98(87,88)94-70-75(96-79(84)64-58-52-46-38-34-35-41-47-53-59-71(4)5)68-90-77(82)62-56-50-44-40-39-42-48-54-60-72(6)9-3/h71-75,80H,7-70H2,1-6H3,(H,85,86)(H,87,88)/t72?,73-,74-,75-/m1/s1. The Hall–Kier alpha value is -1.94. The third-order valence-corrected chi connectivity index (χ3v) is 20.7. The van der Waals surface area contributed by atoms with Crippen molar-refractivity contribution in [1.29, 1.82) is 0 Å². The zero-order chi connectivity index (χ0) is 72.1. The average molecular weight is 1440 g/mol. The largest absolute Gasteiger partial charge is 0.472 e. The van der Waals surface area contributed by atoms with Gasteiger partial charge in [-0.05, 0) is 37.5 Å². The molecular weight excluding hydrogens is 1280 g/mol. The molecule has 0 aromatic carbocycles. The molecule has 582 valence electrons. The van der Waals surface area contributed by atoms with Gasteiger partial charge in [-0.15, -0.1) is 0 Å². The van der Waals surface area contributed by atoms with Gasteiger partial charge in [-0.25, -0.2) is 9.13 Å². The SMILES string of the molecule is CCCCCCCCCCCCCCCCCCCCC(=O)O[C@H](COC(=O)CCCCCCCCCCCCCCCCCC)COP(=O)(O)OC[C@@H](O)COP(=O)(O)OC[C@@H](COC(=O)CCCCCCCCCCC(C)CC)OC(=O)CCCCCCCCCCCC(C)C. The summed E-state index contributed by atoms with van der Waals surface area (Å²) in [5, 5.41) is 10.6. The highest BCUT2D eigenvalue weighted by Gasteiger charge is 2.30. The molecule has 6 atom stereocenters. The second-order valence-corrected chi connectivity index (χ2v) is 32.1. The van der Waals surface area contributed by atoms with E-state index in [0.29, 0.717) is 25.7 Å². The quantitative estimate of drug-likeness (QED) is 0.0222. The van der Waals surface area contributed by atoms with Crippen LogP contribution in [0.3, 0.4) is 0 Å². The Morgan fingerprint density at radius 1 is 0.296 bits per heavy atom. The van der Waals surface area contributed by atoms with E-state index in [1.165, 1.54) is 231 Å². The van der Waals surface area contributed by atoms with Crippen molar-refractivity contribution in [3.05, 3.63) is 0 Å². The van der Waals surface area contributed by atoms with Crippen molar-refractivity contribution in [2.75, 3.05) is 39.6 Å². The van der Waals surface area contributed by atoms with Crippen LogP contribution in [-0.2, 0) is 65.4 Å². The number of hydrogen-bond acceptors (Lipinski definition) is 15. The van der Waals surface area contributed by atoms with Crippen LogP contribution in [0.15, 0.2) is 0 Å². The Morgan fingerprint density at radius 2 is 0.520 bits per heavy atom. The third-order valence-electron chi connectivity index (χ3n) is 18.8. The van der Waals surface area contributed by atoms with Gasteiger partial charge in [-0.3, -0.25) is 37.3 Å². The fourth-order valence-corrected chi connectivity index (χ4v) is 13.7. The normalized spacial score (nSPS) is 14.2. The summed E-state index contributed by atoms with van der Waals surface area (Å²) in [5.74, 6) is -0.597. The smallest absolute Gasteiger partial charge is 0.462 e. The summed E-state index contributed by atoms with van der Waals surface area (Å²) in [6.45, 7) is 9.60. The number of carbonyl (C=O) groups is 4. The van der Waals surface area contributed by atoms with Crippen LogP contribution in [-0.4, -0.2) is 96.7 Å². The van der Waals surface area contributed by atoms with E-state index < -0.39 is 97.5 Å². The lowest BCUT2D eigenvalue weighted by Gasteiger charge is -2.21. The molecule has 0 rings (SSSR count). The van der Waals surface area contributed by atoms with E-state index in [-0.39, 0.29) is 25.7 Å². The van der Waals surface area contributed by atoms with Crippen molar-refractivity contribution in [3.63, 3.8) is 0 Å². The number of unbranched alkanes of at least 4 members (excludes halogenated alkanes) is 47. The fraction of sp³-hybridized carbons (Fsp3) is 0.949. The minimum absolute atomic E-state index is 0.105. The Morgan fingerprint density at radius 3 is 0.776 bits per heavy atom. The number of esters is 4. The number of rotatable bonds is 78. The van der Waals surface area contributed by atoms with Crippen LogP contribution in [0.1, 0.15) is 414 Å². The average Bonchev–Trinajstić information content (AvgIpc) is 1.20. The van der Waals surface area contributed by atoms with Crippen molar-refractivity contribution in [2.24, 2.45) is 11.8 Å². The maximum atomic E-state index is 13.1. The molecule has 0 saturated heterocycles. The molecule has 3 N–H and O–H groups in total. The zero-order valence-electron chi connectivity index (χ0n) is 64.1. The van der Waals surface area contributed by atoms with Gasteiger partial charge in [0.15, 0.2) is 12.2 Å². The minimum Gasteiger partial charge on any atom is -0.462 e. The maximum Gasteiger partial charge on any atom is 0.472 e. The Balaban J connectivity index is 5.25. The lowest BCUT2D eigenvalue weighted by atomic mass is 9.99. The van der Waals surface area contributed by atoms with Gasteiger partial charge in [0.25, 0.3) is 0 Å². The highest BCUT2D eigenvalue weighted by molar-refractivity contribution is 7.47. The molecule has 3 unspecified atom stereocenters. The van der Waals surface area contributed by atoms with Crippen LogP contribution >= 0.6 is 15.6 Å². The molecule has 0 aliphatic rings. The number of ether oxygens (including phenoxy) is 4. The molecule has 0 spiro atoms. The van der Waals surface area contributed by atoms with Gasteiger partial charge >= 0.3 is 39.5 Å². The molecule has 0 saturated carbocycles. The first-order chi connectivity index (χ1) is 47.4. The second-order valence-electron chi connectivity index (χ2n) is 29.2.